The molecule has 2 heterocycles. The number of hydrogen-bond acceptors (Lipinski definition) is 3. The second kappa shape index (κ2) is 6.30. The second-order valence-corrected chi connectivity index (χ2v) is 6.02. The lowest BCUT2D eigenvalue weighted by molar-refractivity contribution is 0.102. The van der Waals surface area contributed by atoms with Crippen molar-refractivity contribution in [3.05, 3.63) is 63.7 Å². The number of anilines is 1. The third kappa shape index (κ3) is 3.35. The molecule has 22 heavy (non-hydrogen) atoms. The number of nitrogens with zero attached hydrogens (tertiary/aromatic N) is 4. The zero-order valence-corrected chi connectivity index (χ0v) is 14.1. The third-order valence-electron chi connectivity index (χ3n) is 3.09. The van der Waals surface area contributed by atoms with Gasteiger partial charge >= 0.3 is 0 Å². The monoisotopic (exact) mass is 407 g/mol. The fourth-order valence-electron chi connectivity index (χ4n) is 2.13. The van der Waals surface area contributed by atoms with Gasteiger partial charge in [0.25, 0.3) is 5.91 Å². The van der Waals surface area contributed by atoms with E-state index >= 15 is 0 Å². The molecule has 1 N–H and O–H groups in total. The van der Waals surface area contributed by atoms with Crippen LogP contribution in [0.4, 0.5) is 5.69 Å². The van der Waals surface area contributed by atoms with Gasteiger partial charge in [-0.3, -0.25) is 14.2 Å². The van der Waals surface area contributed by atoms with Crippen molar-refractivity contribution in [2.75, 3.05) is 5.32 Å². The number of carbonyl (C=O) groups excluding carboxylic acids is 1. The molecule has 1 aromatic carbocycles. The molecule has 0 radical (unpaired) electrons. The molecule has 0 unspecified atom stereocenters. The van der Waals surface area contributed by atoms with Gasteiger partial charge in [-0.1, -0.05) is 12.1 Å². The number of aromatic nitrogens is 4. The summed E-state index contributed by atoms with van der Waals surface area (Å²) in [6, 6.07) is 9.60. The molecule has 0 aliphatic heterocycles. The summed E-state index contributed by atoms with van der Waals surface area (Å²) in [6.45, 7) is 0.665. The summed E-state index contributed by atoms with van der Waals surface area (Å²) in [4.78, 5) is 12.3. The Morgan fingerprint density at radius 3 is 2.91 bits per heavy atom. The quantitative estimate of drug-likeness (QED) is 0.677. The Balaban J connectivity index is 1.75. The van der Waals surface area contributed by atoms with Crippen molar-refractivity contribution in [1.29, 1.82) is 0 Å². The van der Waals surface area contributed by atoms with E-state index in [0.717, 1.165) is 14.8 Å². The summed E-state index contributed by atoms with van der Waals surface area (Å²) in [7, 11) is 1.80. The third-order valence-corrected chi connectivity index (χ3v) is 3.88. The summed E-state index contributed by atoms with van der Waals surface area (Å²) in [5, 5.41) is 11.2. The van der Waals surface area contributed by atoms with Crippen molar-refractivity contribution in [1.82, 2.24) is 19.6 Å². The molecule has 1 amide bonds. The molecule has 0 atom stereocenters. The van der Waals surface area contributed by atoms with E-state index in [-0.39, 0.29) is 5.91 Å². The van der Waals surface area contributed by atoms with Crippen LogP contribution in [-0.2, 0) is 13.6 Å². The highest BCUT2D eigenvalue weighted by Crippen LogP contribution is 2.15. The van der Waals surface area contributed by atoms with Crippen molar-refractivity contribution >= 4 is 34.2 Å². The molecule has 3 aromatic rings. The number of benzene rings is 1. The zero-order chi connectivity index (χ0) is 15.5. The van der Waals surface area contributed by atoms with Crippen LogP contribution in [0.1, 0.15) is 16.1 Å². The number of amides is 1. The first-order chi connectivity index (χ1) is 10.6. The molecule has 0 aliphatic carbocycles. The van der Waals surface area contributed by atoms with Gasteiger partial charge in [-0.05, 0) is 46.4 Å². The minimum absolute atomic E-state index is 0.207. The first-order valence-electron chi connectivity index (χ1n) is 6.69. The molecule has 6 nitrogen and oxygen atoms in total. The van der Waals surface area contributed by atoms with Crippen LogP contribution in [0.2, 0.25) is 0 Å². The predicted octanol–water partition coefficient (Wildman–Crippen LogP) is 2.52. The van der Waals surface area contributed by atoms with Crippen LogP contribution >= 0.6 is 22.6 Å². The van der Waals surface area contributed by atoms with Gasteiger partial charge in [0, 0.05) is 31.3 Å². The summed E-state index contributed by atoms with van der Waals surface area (Å²) in [6.07, 6.45) is 5.46. The van der Waals surface area contributed by atoms with Gasteiger partial charge in [-0.25, -0.2) is 0 Å². The van der Waals surface area contributed by atoms with Crippen molar-refractivity contribution < 1.29 is 4.79 Å². The molecule has 0 spiro atoms. The SMILES string of the molecule is Cn1cc(I)c(C(=O)Nc2cccc(Cn3cccn3)c2)n1. The zero-order valence-electron chi connectivity index (χ0n) is 11.9. The number of halogens is 1. The van der Waals surface area contributed by atoms with Crippen molar-refractivity contribution in [3.8, 4) is 0 Å². The van der Waals surface area contributed by atoms with Crippen LogP contribution < -0.4 is 5.32 Å². The van der Waals surface area contributed by atoms with Crippen LogP contribution in [0.25, 0.3) is 0 Å². The van der Waals surface area contributed by atoms with E-state index in [9.17, 15) is 4.79 Å². The summed E-state index contributed by atoms with van der Waals surface area (Å²) in [5.41, 5.74) is 2.24. The van der Waals surface area contributed by atoms with Crippen LogP contribution in [-0.4, -0.2) is 25.5 Å². The number of aryl methyl sites for hydroxylation is 1. The Hall–Kier alpha value is -2.16. The van der Waals surface area contributed by atoms with Gasteiger partial charge in [0.05, 0.1) is 10.1 Å². The van der Waals surface area contributed by atoms with Crippen LogP contribution in [0, 0.1) is 3.57 Å². The van der Waals surface area contributed by atoms with Crippen molar-refractivity contribution in [3.63, 3.8) is 0 Å². The standard InChI is InChI=1S/C15H14IN5O/c1-20-10-13(16)14(19-20)15(22)18-12-5-2-4-11(8-12)9-21-7-3-6-17-21/h2-8,10H,9H2,1H3,(H,18,22). The predicted molar refractivity (Wildman–Crippen MR) is 91.6 cm³/mol. The van der Waals surface area contributed by atoms with E-state index < -0.39 is 0 Å². The molecule has 0 bridgehead atoms. The summed E-state index contributed by atoms with van der Waals surface area (Å²) < 4.78 is 4.29. The second-order valence-electron chi connectivity index (χ2n) is 4.86. The van der Waals surface area contributed by atoms with Gasteiger partial charge in [0.1, 0.15) is 0 Å². The lowest BCUT2D eigenvalue weighted by Gasteiger charge is -2.07. The van der Waals surface area contributed by atoms with Crippen LogP contribution in [0.15, 0.2) is 48.9 Å². The fraction of sp³-hybridized carbons (Fsp3) is 0.133. The van der Waals surface area contributed by atoms with Crippen molar-refractivity contribution in [2.45, 2.75) is 6.54 Å². The Morgan fingerprint density at radius 2 is 2.23 bits per heavy atom. The maximum atomic E-state index is 12.3. The number of hydrogen-bond donors (Lipinski definition) is 1. The summed E-state index contributed by atoms with van der Waals surface area (Å²) in [5.74, 6) is -0.207. The van der Waals surface area contributed by atoms with Gasteiger partial charge in [-0.2, -0.15) is 10.2 Å². The van der Waals surface area contributed by atoms with Gasteiger partial charge < -0.3 is 5.32 Å². The average Bonchev–Trinajstić information content (AvgIpc) is 3.09. The largest absolute Gasteiger partial charge is 0.321 e. The maximum absolute atomic E-state index is 12.3. The van der Waals surface area contributed by atoms with E-state index in [1.807, 2.05) is 47.4 Å². The van der Waals surface area contributed by atoms with E-state index in [1.54, 1.807) is 17.9 Å². The number of nitrogens with one attached hydrogen (secondary N) is 1. The number of carbonyl (C=O) groups is 1. The minimum atomic E-state index is -0.207. The first-order valence-corrected chi connectivity index (χ1v) is 7.76. The smallest absolute Gasteiger partial charge is 0.277 e. The Labute approximate surface area is 141 Å². The molecule has 0 saturated carbocycles. The Kier molecular flexibility index (Phi) is 4.23. The average molecular weight is 407 g/mol. The molecule has 112 valence electrons. The normalized spacial score (nSPS) is 10.6. The van der Waals surface area contributed by atoms with Crippen LogP contribution in [0.3, 0.4) is 0 Å². The molecular formula is C15H14IN5O. The molecular weight excluding hydrogens is 393 g/mol. The maximum Gasteiger partial charge on any atom is 0.277 e. The summed E-state index contributed by atoms with van der Waals surface area (Å²) >= 11 is 2.10. The topological polar surface area (TPSA) is 64.7 Å². The fourth-order valence-corrected chi connectivity index (χ4v) is 2.89. The van der Waals surface area contributed by atoms with Gasteiger partial charge in [0.15, 0.2) is 5.69 Å². The highest BCUT2D eigenvalue weighted by atomic mass is 127. The Bertz CT molecular complexity index is 794. The van der Waals surface area contributed by atoms with E-state index in [1.165, 1.54) is 0 Å². The number of rotatable bonds is 4. The molecule has 0 saturated heterocycles. The first kappa shape index (κ1) is 14.8. The minimum Gasteiger partial charge on any atom is -0.321 e. The molecule has 7 heteroatoms. The van der Waals surface area contributed by atoms with E-state index in [0.29, 0.717) is 12.2 Å². The van der Waals surface area contributed by atoms with Crippen molar-refractivity contribution in [2.24, 2.45) is 7.05 Å². The Morgan fingerprint density at radius 1 is 1.36 bits per heavy atom. The lowest BCUT2D eigenvalue weighted by atomic mass is 10.2. The van der Waals surface area contributed by atoms with Crippen LogP contribution in [0.5, 0.6) is 0 Å². The molecule has 0 fully saturated rings. The van der Waals surface area contributed by atoms with Gasteiger partial charge in [0.2, 0.25) is 0 Å². The van der Waals surface area contributed by atoms with E-state index in [4.69, 9.17) is 0 Å². The molecule has 2 aromatic heterocycles. The van der Waals surface area contributed by atoms with E-state index in [2.05, 4.69) is 38.1 Å². The molecule has 0 aliphatic rings. The highest BCUT2D eigenvalue weighted by Gasteiger charge is 2.14. The van der Waals surface area contributed by atoms with Gasteiger partial charge in [-0.15, -0.1) is 0 Å². The highest BCUT2D eigenvalue weighted by molar-refractivity contribution is 14.1. The molecule has 3 rings (SSSR count). The lowest BCUT2D eigenvalue weighted by Crippen LogP contribution is -2.14.